The fraction of sp³-hybridized carbons (Fsp3) is 0.364. The summed E-state index contributed by atoms with van der Waals surface area (Å²) in [5, 5.41) is 3.02. The first kappa shape index (κ1) is 11.4. The lowest BCUT2D eigenvalue weighted by molar-refractivity contribution is 0.0523. The molecule has 0 aromatic heterocycles. The highest BCUT2D eigenvalue weighted by molar-refractivity contribution is 5.60. The smallest absolute Gasteiger partial charge is 0.438 e. The third-order valence-corrected chi connectivity index (χ3v) is 1.83. The molecule has 82 valence electrons. The summed E-state index contributed by atoms with van der Waals surface area (Å²) >= 11 is 0. The highest BCUT2D eigenvalue weighted by Gasteiger charge is 2.08. The molecule has 0 heterocycles. The molecule has 0 spiro atoms. The topological polar surface area (TPSA) is 47.6 Å². The van der Waals surface area contributed by atoms with Crippen LogP contribution in [-0.2, 0) is 9.47 Å². The van der Waals surface area contributed by atoms with Gasteiger partial charge in [-0.2, -0.15) is 0 Å². The summed E-state index contributed by atoms with van der Waals surface area (Å²) in [6.07, 6.45) is -1.11. The van der Waals surface area contributed by atoms with Crippen LogP contribution in [0.15, 0.2) is 24.3 Å². The second-order valence-corrected chi connectivity index (χ2v) is 3.23. The molecule has 0 saturated heterocycles. The number of nitrogens with one attached hydrogen (secondary N) is 1. The van der Waals surface area contributed by atoms with Crippen molar-refractivity contribution >= 4 is 11.8 Å². The maximum Gasteiger partial charge on any atom is 0.509 e. The van der Waals surface area contributed by atoms with E-state index in [0.717, 1.165) is 11.3 Å². The maximum atomic E-state index is 10.8. The van der Waals surface area contributed by atoms with Crippen LogP contribution in [-0.4, -0.2) is 19.5 Å². The molecule has 0 amide bonds. The number of benzene rings is 1. The molecule has 0 saturated carbocycles. The SMILES string of the molecule is COC(=O)OC(C)Nc1cccc(C)c1. The molecule has 0 aliphatic carbocycles. The van der Waals surface area contributed by atoms with Gasteiger partial charge in [0.15, 0.2) is 6.23 Å². The minimum absolute atomic E-state index is 0.417. The zero-order valence-corrected chi connectivity index (χ0v) is 9.11. The number of anilines is 1. The van der Waals surface area contributed by atoms with Gasteiger partial charge in [-0.25, -0.2) is 4.79 Å². The minimum Gasteiger partial charge on any atom is -0.438 e. The van der Waals surface area contributed by atoms with Crippen molar-refractivity contribution in [2.75, 3.05) is 12.4 Å². The van der Waals surface area contributed by atoms with Crippen LogP contribution in [0.5, 0.6) is 0 Å². The molecule has 1 rings (SSSR count). The van der Waals surface area contributed by atoms with Crippen molar-refractivity contribution in [3.63, 3.8) is 0 Å². The standard InChI is InChI=1S/C11H15NO3/c1-8-5-4-6-10(7-8)12-9(2)15-11(13)14-3/h4-7,9,12H,1-3H3. The normalized spacial score (nSPS) is 11.7. The largest absolute Gasteiger partial charge is 0.509 e. The van der Waals surface area contributed by atoms with Crippen molar-refractivity contribution in [2.24, 2.45) is 0 Å². The molecule has 1 N–H and O–H groups in total. The van der Waals surface area contributed by atoms with Crippen LogP contribution in [0.1, 0.15) is 12.5 Å². The predicted octanol–water partition coefficient (Wildman–Crippen LogP) is 2.54. The van der Waals surface area contributed by atoms with Crippen LogP contribution in [0, 0.1) is 6.92 Å². The van der Waals surface area contributed by atoms with Crippen molar-refractivity contribution in [1.82, 2.24) is 0 Å². The van der Waals surface area contributed by atoms with Crippen LogP contribution < -0.4 is 5.32 Å². The number of methoxy groups -OCH3 is 1. The predicted molar refractivity (Wildman–Crippen MR) is 57.8 cm³/mol. The molecule has 1 atom stereocenters. The van der Waals surface area contributed by atoms with E-state index in [1.165, 1.54) is 7.11 Å². The summed E-state index contributed by atoms with van der Waals surface area (Å²) < 4.78 is 9.25. The van der Waals surface area contributed by atoms with Crippen LogP contribution in [0.3, 0.4) is 0 Å². The van der Waals surface area contributed by atoms with Gasteiger partial charge >= 0.3 is 6.16 Å². The van der Waals surface area contributed by atoms with E-state index >= 15 is 0 Å². The number of aryl methyl sites for hydroxylation is 1. The highest BCUT2D eigenvalue weighted by atomic mass is 16.7. The van der Waals surface area contributed by atoms with Gasteiger partial charge in [-0.15, -0.1) is 0 Å². The minimum atomic E-state index is -0.692. The van der Waals surface area contributed by atoms with E-state index in [1.807, 2.05) is 31.2 Å². The van der Waals surface area contributed by atoms with Gasteiger partial charge in [-0.1, -0.05) is 12.1 Å². The van der Waals surface area contributed by atoms with Crippen molar-refractivity contribution in [3.05, 3.63) is 29.8 Å². The van der Waals surface area contributed by atoms with E-state index in [4.69, 9.17) is 4.74 Å². The molecule has 1 aromatic carbocycles. The molecular formula is C11H15NO3. The Balaban J connectivity index is 2.51. The molecule has 0 fully saturated rings. The number of hydrogen-bond donors (Lipinski definition) is 1. The van der Waals surface area contributed by atoms with E-state index in [0.29, 0.717) is 0 Å². The van der Waals surface area contributed by atoms with Gasteiger partial charge in [0.05, 0.1) is 7.11 Å². The Morgan fingerprint density at radius 1 is 1.47 bits per heavy atom. The molecule has 0 radical (unpaired) electrons. The fourth-order valence-corrected chi connectivity index (χ4v) is 1.19. The van der Waals surface area contributed by atoms with Crippen LogP contribution >= 0.6 is 0 Å². The lowest BCUT2D eigenvalue weighted by atomic mass is 10.2. The average molecular weight is 209 g/mol. The zero-order valence-electron chi connectivity index (χ0n) is 9.11. The Morgan fingerprint density at radius 2 is 2.20 bits per heavy atom. The third-order valence-electron chi connectivity index (χ3n) is 1.83. The highest BCUT2D eigenvalue weighted by Crippen LogP contribution is 2.11. The summed E-state index contributed by atoms with van der Waals surface area (Å²) in [5.74, 6) is 0. The first-order valence-corrected chi connectivity index (χ1v) is 4.69. The quantitative estimate of drug-likeness (QED) is 0.614. The Morgan fingerprint density at radius 3 is 2.80 bits per heavy atom. The van der Waals surface area contributed by atoms with Gasteiger partial charge in [0.2, 0.25) is 0 Å². The monoisotopic (exact) mass is 209 g/mol. The lowest BCUT2D eigenvalue weighted by Gasteiger charge is -2.15. The second-order valence-electron chi connectivity index (χ2n) is 3.23. The van der Waals surface area contributed by atoms with Gasteiger partial charge in [0.25, 0.3) is 0 Å². The molecule has 0 aliphatic heterocycles. The number of hydrogen-bond acceptors (Lipinski definition) is 4. The van der Waals surface area contributed by atoms with E-state index < -0.39 is 12.4 Å². The van der Waals surface area contributed by atoms with E-state index in [9.17, 15) is 4.79 Å². The summed E-state index contributed by atoms with van der Waals surface area (Å²) in [5.41, 5.74) is 2.05. The van der Waals surface area contributed by atoms with E-state index in [1.54, 1.807) is 6.92 Å². The van der Waals surface area contributed by atoms with Gasteiger partial charge in [0, 0.05) is 5.69 Å². The zero-order chi connectivity index (χ0) is 11.3. The van der Waals surface area contributed by atoms with Crippen molar-refractivity contribution in [2.45, 2.75) is 20.1 Å². The third kappa shape index (κ3) is 3.89. The van der Waals surface area contributed by atoms with Gasteiger partial charge in [0.1, 0.15) is 0 Å². The number of ether oxygens (including phenoxy) is 2. The van der Waals surface area contributed by atoms with Gasteiger partial charge in [-0.05, 0) is 31.5 Å². The van der Waals surface area contributed by atoms with E-state index in [2.05, 4.69) is 10.1 Å². The molecule has 1 unspecified atom stereocenters. The Bertz CT molecular complexity index is 338. The summed E-state index contributed by atoms with van der Waals surface area (Å²) in [4.78, 5) is 10.8. The van der Waals surface area contributed by atoms with Gasteiger partial charge in [-0.3, -0.25) is 0 Å². The number of rotatable bonds is 3. The Hall–Kier alpha value is -1.71. The fourth-order valence-electron chi connectivity index (χ4n) is 1.19. The maximum absolute atomic E-state index is 10.8. The van der Waals surface area contributed by atoms with Crippen LogP contribution in [0.2, 0.25) is 0 Å². The first-order chi connectivity index (χ1) is 7.11. The van der Waals surface area contributed by atoms with Crippen molar-refractivity contribution in [3.8, 4) is 0 Å². The molecule has 1 aromatic rings. The first-order valence-electron chi connectivity index (χ1n) is 4.69. The molecule has 4 heteroatoms. The molecular weight excluding hydrogens is 194 g/mol. The van der Waals surface area contributed by atoms with E-state index in [-0.39, 0.29) is 0 Å². The second kappa shape index (κ2) is 5.24. The van der Waals surface area contributed by atoms with Crippen molar-refractivity contribution in [1.29, 1.82) is 0 Å². The summed E-state index contributed by atoms with van der Waals surface area (Å²) in [7, 11) is 1.28. The molecule has 0 bridgehead atoms. The average Bonchev–Trinajstić information content (AvgIpc) is 2.17. The summed E-state index contributed by atoms with van der Waals surface area (Å²) in [6.45, 7) is 3.73. The van der Waals surface area contributed by atoms with Crippen molar-refractivity contribution < 1.29 is 14.3 Å². The number of carbonyl (C=O) groups excluding carboxylic acids is 1. The summed E-state index contributed by atoms with van der Waals surface area (Å²) in [6, 6.07) is 7.81. The Labute approximate surface area is 89.2 Å². The lowest BCUT2D eigenvalue weighted by Crippen LogP contribution is -2.22. The van der Waals surface area contributed by atoms with Gasteiger partial charge < -0.3 is 14.8 Å². The van der Waals surface area contributed by atoms with Crippen LogP contribution in [0.25, 0.3) is 0 Å². The van der Waals surface area contributed by atoms with Crippen LogP contribution in [0.4, 0.5) is 10.5 Å². The Kier molecular flexibility index (Phi) is 3.97. The molecule has 4 nitrogen and oxygen atoms in total. The number of carbonyl (C=O) groups is 1. The molecule has 15 heavy (non-hydrogen) atoms. The molecule has 0 aliphatic rings.